The quantitative estimate of drug-likeness (QED) is 0.592. The van der Waals surface area contributed by atoms with E-state index in [9.17, 15) is 0 Å². The second-order valence-corrected chi connectivity index (χ2v) is 6.51. The lowest BCUT2D eigenvalue weighted by atomic mass is 10.1. The Morgan fingerprint density at radius 3 is 2.60 bits per heavy atom. The molecule has 1 aliphatic rings. The van der Waals surface area contributed by atoms with Crippen molar-refractivity contribution in [1.82, 2.24) is 0 Å². The Morgan fingerprint density at radius 2 is 1.76 bits per heavy atom. The fraction of sp³-hybridized carbons (Fsp3) is 0.455. The van der Waals surface area contributed by atoms with E-state index in [-0.39, 0.29) is 6.29 Å². The van der Waals surface area contributed by atoms with Gasteiger partial charge in [0.25, 0.3) is 0 Å². The Labute approximate surface area is 150 Å². The highest BCUT2D eigenvalue weighted by molar-refractivity contribution is 5.33. The lowest BCUT2D eigenvalue weighted by Gasteiger charge is -2.22. The van der Waals surface area contributed by atoms with Gasteiger partial charge in [-0.15, -0.1) is 0 Å². The van der Waals surface area contributed by atoms with Gasteiger partial charge in [0.05, 0.1) is 0 Å². The summed E-state index contributed by atoms with van der Waals surface area (Å²) in [5.41, 5.74) is 2.46. The lowest BCUT2D eigenvalue weighted by molar-refractivity contribution is -0.162. The van der Waals surface area contributed by atoms with Crippen LogP contribution in [0.5, 0.6) is 5.75 Å². The highest BCUT2D eigenvalue weighted by Gasteiger charge is 2.13. The van der Waals surface area contributed by atoms with Crippen LogP contribution in [0.2, 0.25) is 0 Å². The van der Waals surface area contributed by atoms with Crippen molar-refractivity contribution in [1.29, 1.82) is 0 Å². The minimum absolute atomic E-state index is 0.0234. The fourth-order valence-electron chi connectivity index (χ4n) is 3.06. The molecule has 0 amide bonds. The number of hydrogen-bond acceptors (Lipinski definition) is 3. The van der Waals surface area contributed by atoms with Gasteiger partial charge in [0, 0.05) is 13.2 Å². The molecule has 1 atom stereocenters. The predicted molar refractivity (Wildman–Crippen MR) is 99.7 cm³/mol. The smallest absolute Gasteiger partial charge is 0.157 e. The molecule has 0 N–H and O–H groups in total. The van der Waals surface area contributed by atoms with Crippen LogP contribution in [0.1, 0.15) is 43.2 Å². The molecule has 2 aromatic rings. The van der Waals surface area contributed by atoms with Crippen LogP contribution in [-0.2, 0) is 22.5 Å². The first kappa shape index (κ1) is 18.0. The van der Waals surface area contributed by atoms with Gasteiger partial charge in [0.15, 0.2) is 6.29 Å². The third-order valence-electron chi connectivity index (χ3n) is 4.49. The number of rotatable bonds is 9. The molecule has 1 heterocycles. The van der Waals surface area contributed by atoms with Gasteiger partial charge in [-0.2, -0.15) is 0 Å². The van der Waals surface area contributed by atoms with Crippen molar-refractivity contribution in [3.8, 4) is 5.75 Å². The number of benzene rings is 2. The molecule has 2 aromatic carbocycles. The molecule has 1 unspecified atom stereocenters. The number of unbranched alkanes of at least 4 members (excludes halogenated alkanes) is 1. The molecule has 0 spiro atoms. The van der Waals surface area contributed by atoms with Crippen LogP contribution in [0.25, 0.3) is 0 Å². The Kier molecular flexibility index (Phi) is 7.34. The van der Waals surface area contributed by atoms with Crippen LogP contribution in [0, 0.1) is 0 Å². The summed E-state index contributed by atoms with van der Waals surface area (Å²) in [6, 6.07) is 18.6. The topological polar surface area (TPSA) is 27.7 Å². The first-order valence-electron chi connectivity index (χ1n) is 9.39. The average molecular weight is 340 g/mol. The third-order valence-corrected chi connectivity index (χ3v) is 4.49. The summed E-state index contributed by atoms with van der Waals surface area (Å²) in [5, 5.41) is 0. The molecule has 3 rings (SSSR count). The van der Waals surface area contributed by atoms with Crippen LogP contribution in [-0.4, -0.2) is 19.5 Å². The predicted octanol–water partition coefficient (Wildman–Crippen LogP) is 5.13. The molecule has 0 saturated carbocycles. The largest absolute Gasteiger partial charge is 0.489 e. The second kappa shape index (κ2) is 10.2. The SMILES string of the molecule is c1ccc(COc2ccccc2CCCCOC2CCCCO2)cc1. The van der Waals surface area contributed by atoms with Crippen molar-refractivity contribution in [3.05, 3.63) is 65.7 Å². The summed E-state index contributed by atoms with van der Waals surface area (Å²) in [4.78, 5) is 0. The van der Waals surface area contributed by atoms with Crippen molar-refractivity contribution in [3.63, 3.8) is 0 Å². The van der Waals surface area contributed by atoms with Crippen molar-refractivity contribution in [2.45, 2.75) is 51.4 Å². The first-order chi connectivity index (χ1) is 12.4. The molecule has 3 nitrogen and oxygen atoms in total. The van der Waals surface area contributed by atoms with Crippen LogP contribution >= 0.6 is 0 Å². The number of para-hydroxylation sites is 1. The van der Waals surface area contributed by atoms with Gasteiger partial charge in [0.2, 0.25) is 0 Å². The minimum Gasteiger partial charge on any atom is -0.489 e. The molecule has 25 heavy (non-hydrogen) atoms. The Bertz CT molecular complexity index is 606. The molecule has 1 saturated heterocycles. The molecular weight excluding hydrogens is 312 g/mol. The van der Waals surface area contributed by atoms with Crippen LogP contribution in [0.3, 0.4) is 0 Å². The molecule has 1 aliphatic heterocycles. The van der Waals surface area contributed by atoms with Crippen LogP contribution in [0.15, 0.2) is 54.6 Å². The third kappa shape index (κ3) is 6.18. The van der Waals surface area contributed by atoms with Crippen LogP contribution < -0.4 is 4.74 Å². The summed E-state index contributed by atoms with van der Waals surface area (Å²) < 4.78 is 17.4. The minimum atomic E-state index is 0.0234. The van der Waals surface area contributed by atoms with E-state index in [1.807, 2.05) is 24.3 Å². The summed E-state index contributed by atoms with van der Waals surface area (Å²) >= 11 is 0. The highest BCUT2D eigenvalue weighted by Crippen LogP contribution is 2.21. The van der Waals surface area contributed by atoms with Gasteiger partial charge < -0.3 is 14.2 Å². The van der Waals surface area contributed by atoms with Crippen molar-refractivity contribution >= 4 is 0 Å². The van der Waals surface area contributed by atoms with Gasteiger partial charge in [-0.1, -0.05) is 48.5 Å². The Balaban J connectivity index is 1.39. The molecule has 3 heteroatoms. The zero-order chi connectivity index (χ0) is 17.2. The lowest BCUT2D eigenvalue weighted by Crippen LogP contribution is -2.22. The van der Waals surface area contributed by atoms with E-state index in [1.165, 1.54) is 24.0 Å². The van der Waals surface area contributed by atoms with Gasteiger partial charge in [0.1, 0.15) is 12.4 Å². The van der Waals surface area contributed by atoms with Crippen molar-refractivity contribution in [2.75, 3.05) is 13.2 Å². The van der Waals surface area contributed by atoms with Gasteiger partial charge in [-0.25, -0.2) is 0 Å². The van der Waals surface area contributed by atoms with E-state index in [4.69, 9.17) is 14.2 Å². The maximum Gasteiger partial charge on any atom is 0.157 e. The van der Waals surface area contributed by atoms with Crippen molar-refractivity contribution < 1.29 is 14.2 Å². The standard InChI is InChI=1S/C22H28O3/c1-2-10-19(11-3-1)18-25-21-14-5-4-12-20(21)13-6-8-16-23-22-15-7-9-17-24-22/h1-5,10-12,14,22H,6-9,13,15-18H2. The molecule has 134 valence electrons. The molecule has 0 aromatic heterocycles. The maximum absolute atomic E-state index is 6.02. The summed E-state index contributed by atoms with van der Waals surface area (Å²) in [5.74, 6) is 0.989. The zero-order valence-corrected chi connectivity index (χ0v) is 14.9. The summed E-state index contributed by atoms with van der Waals surface area (Å²) in [7, 11) is 0. The Hall–Kier alpha value is -1.84. The number of hydrogen-bond donors (Lipinski definition) is 0. The first-order valence-corrected chi connectivity index (χ1v) is 9.39. The molecule has 0 aliphatic carbocycles. The highest BCUT2D eigenvalue weighted by atomic mass is 16.7. The normalized spacial score (nSPS) is 17.4. The van der Waals surface area contributed by atoms with E-state index in [2.05, 4.69) is 30.3 Å². The van der Waals surface area contributed by atoms with Crippen LogP contribution in [0.4, 0.5) is 0 Å². The van der Waals surface area contributed by atoms with Gasteiger partial charge in [-0.3, -0.25) is 0 Å². The fourth-order valence-corrected chi connectivity index (χ4v) is 3.06. The van der Waals surface area contributed by atoms with E-state index in [1.54, 1.807) is 0 Å². The maximum atomic E-state index is 6.02. The molecule has 1 fully saturated rings. The summed E-state index contributed by atoms with van der Waals surface area (Å²) in [6.07, 6.45) is 6.60. The van der Waals surface area contributed by atoms with Gasteiger partial charge >= 0.3 is 0 Å². The second-order valence-electron chi connectivity index (χ2n) is 6.51. The van der Waals surface area contributed by atoms with E-state index in [0.29, 0.717) is 6.61 Å². The van der Waals surface area contributed by atoms with E-state index in [0.717, 1.165) is 44.6 Å². The average Bonchev–Trinajstić information content (AvgIpc) is 2.68. The van der Waals surface area contributed by atoms with Crippen molar-refractivity contribution in [2.24, 2.45) is 0 Å². The molecular formula is C22H28O3. The van der Waals surface area contributed by atoms with E-state index >= 15 is 0 Å². The number of aryl methyl sites for hydroxylation is 1. The Morgan fingerprint density at radius 1 is 0.920 bits per heavy atom. The number of ether oxygens (including phenoxy) is 3. The van der Waals surface area contributed by atoms with E-state index < -0.39 is 0 Å². The zero-order valence-electron chi connectivity index (χ0n) is 14.9. The monoisotopic (exact) mass is 340 g/mol. The van der Waals surface area contributed by atoms with Gasteiger partial charge in [-0.05, 0) is 55.7 Å². The summed E-state index contributed by atoms with van der Waals surface area (Å²) in [6.45, 7) is 2.23. The molecule has 0 radical (unpaired) electrons. The molecule has 0 bridgehead atoms.